The third-order valence-electron chi connectivity index (χ3n) is 15.4. The fraction of sp³-hybridized carbons (Fsp3) is 0.0137. The molecule has 1 aliphatic rings. The van der Waals surface area contributed by atoms with E-state index >= 15 is 0 Å². The van der Waals surface area contributed by atoms with Gasteiger partial charge < -0.3 is 9.32 Å². The van der Waals surface area contributed by atoms with E-state index in [-0.39, 0.29) is 0 Å². The minimum absolute atomic E-state index is 0.492. The highest BCUT2D eigenvalue weighted by molar-refractivity contribution is 6.12. The third kappa shape index (κ3) is 7.41. The van der Waals surface area contributed by atoms with Gasteiger partial charge in [0.25, 0.3) is 0 Å². The average molecular weight is 956 g/mol. The van der Waals surface area contributed by atoms with E-state index in [9.17, 15) is 0 Å². The molecule has 0 bridgehead atoms. The summed E-state index contributed by atoms with van der Waals surface area (Å²) in [6.45, 7) is 0. The molecule has 0 saturated carbocycles. The Hall–Kier alpha value is -9.76. The highest BCUT2D eigenvalue weighted by atomic mass is 16.3. The Kier molecular flexibility index (Phi) is 10.8. The molecule has 1 aromatic heterocycles. The van der Waals surface area contributed by atoms with Gasteiger partial charge in [0.15, 0.2) is 0 Å². The molecule has 0 radical (unpaired) electrons. The van der Waals surface area contributed by atoms with Gasteiger partial charge in [-0.05, 0) is 144 Å². The molecule has 1 aliphatic carbocycles. The fourth-order valence-electron chi connectivity index (χ4n) is 12.1. The summed E-state index contributed by atoms with van der Waals surface area (Å²) < 4.78 is 6.33. The molecule has 0 fully saturated rings. The maximum absolute atomic E-state index is 6.33. The normalized spacial score (nSPS) is 12.4. The molecule has 75 heavy (non-hydrogen) atoms. The van der Waals surface area contributed by atoms with Crippen molar-refractivity contribution in [2.75, 3.05) is 4.90 Å². The summed E-state index contributed by atoms with van der Waals surface area (Å²) in [6.07, 6.45) is 0. The number of nitrogens with zero attached hydrogens (tertiary/aromatic N) is 1. The first-order valence-electron chi connectivity index (χ1n) is 25.8. The van der Waals surface area contributed by atoms with Crippen LogP contribution < -0.4 is 4.90 Å². The first-order valence-corrected chi connectivity index (χ1v) is 25.8. The lowest BCUT2D eigenvalue weighted by atomic mass is 9.67. The Bertz CT molecular complexity index is 4160. The predicted molar refractivity (Wildman–Crippen MR) is 313 cm³/mol. The maximum Gasteiger partial charge on any atom is 0.136 e. The van der Waals surface area contributed by atoms with E-state index in [1.807, 2.05) is 12.1 Å². The van der Waals surface area contributed by atoms with E-state index in [4.69, 9.17) is 4.42 Å². The lowest BCUT2D eigenvalue weighted by Crippen LogP contribution is -2.28. The van der Waals surface area contributed by atoms with Crippen molar-refractivity contribution >= 4 is 39.0 Å². The van der Waals surface area contributed by atoms with Crippen LogP contribution in [0.4, 0.5) is 17.1 Å². The molecule has 1 heterocycles. The van der Waals surface area contributed by atoms with Crippen LogP contribution in [0.1, 0.15) is 22.3 Å². The molecule has 0 spiro atoms. The quantitative estimate of drug-likeness (QED) is 0.136. The number of anilines is 3. The van der Waals surface area contributed by atoms with E-state index in [0.717, 1.165) is 61.3 Å². The van der Waals surface area contributed by atoms with E-state index in [2.05, 4.69) is 290 Å². The molecule has 352 valence electrons. The van der Waals surface area contributed by atoms with Crippen molar-refractivity contribution in [3.05, 3.63) is 320 Å². The molecule has 0 unspecified atom stereocenters. The lowest BCUT2D eigenvalue weighted by Gasteiger charge is -2.34. The van der Waals surface area contributed by atoms with Crippen LogP contribution >= 0.6 is 0 Å². The number of furan rings is 1. The zero-order valence-corrected chi connectivity index (χ0v) is 41.1. The second-order valence-corrected chi connectivity index (χ2v) is 19.5. The molecule has 0 saturated heterocycles. The topological polar surface area (TPSA) is 16.4 Å². The molecule has 2 nitrogen and oxygen atoms in total. The molecule has 0 aliphatic heterocycles. The summed E-state index contributed by atoms with van der Waals surface area (Å²) in [5, 5.41) is 2.25. The SMILES string of the molecule is c1ccc(-c2ccc(-c3ccc(N(c4ccc(-c5cccc6oc7ccccc7c56)cc4)c4cccc(-c5cccc6c5-c5ccccc5C6(c5ccccc5)c5ccccc5)c4)cc3)cc2-c2ccccc2)cc1. The zero-order valence-electron chi connectivity index (χ0n) is 41.1. The lowest BCUT2D eigenvalue weighted by molar-refractivity contribution is 0.669. The van der Waals surface area contributed by atoms with Crippen LogP contribution in [-0.4, -0.2) is 0 Å². The average Bonchev–Trinajstić information content (AvgIpc) is 4.05. The molecule has 13 aromatic rings. The van der Waals surface area contributed by atoms with Crippen LogP contribution in [0.15, 0.2) is 302 Å². The van der Waals surface area contributed by atoms with Gasteiger partial charge in [-0.3, -0.25) is 0 Å². The highest BCUT2D eigenvalue weighted by Gasteiger charge is 2.46. The Morgan fingerprint density at radius 1 is 0.267 bits per heavy atom. The molecule has 0 N–H and O–H groups in total. The smallest absolute Gasteiger partial charge is 0.136 e. The summed E-state index contributed by atoms with van der Waals surface area (Å²) in [6, 6.07) is 108. The van der Waals surface area contributed by atoms with Gasteiger partial charge in [-0.1, -0.05) is 243 Å². The molecular formula is C73H49NO. The molecule has 12 aromatic carbocycles. The summed E-state index contributed by atoms with van der Waals surface area (Å²) in [5.74, 6) is 0. The number of benzene rings is 12. The Labute approximate surface area is 437 Å². The first-order chi connectivity index (χ1) is 37.2. The monoisotopic (exact) mass is 955 g/mol. The van der Waals surface area contributed by atoms with E-state index in [1.165, 1.54) is 66.8 Å². The van der Waals surface area contributed by atoms with Crippen molar-refractivity contribution in [2.24, 2.45) is 0 Å². The Morgan fingerprint density at radius 3 is 1.47 bits per heavy atom. The van der Waals surface area contributed by atoms with Gasteiger partial charge in [-0.2, -0.15) is 0 Å². The number of hydrogen-bond acceptors (Lipinski definition) is 2. The van der Waals surface area contributed by atoms with Crippen molar-refractivity contribution in [1.29, 1.82) is 0 Å². The second kappa shape index (κ2) is 18.4. The number of para-hydroxylation sites is 1. The van der Waals surface area contributed by atoms with Crippen molar-refractivity contribution in [1.82, 2.24) is 0 Å². The van der Waals surface area contributed by atoms with Gasteiger partial charge in [0.05, 0.1) is 5.41 Å². The van der Waals surface area contributed by atoms with Crippen molar-refractivity contribution in [3.8, 4) is 66.8 Å². The number of fused-ring (bicyclic) bond motifs is 6. The summed E-state index contributed by atoms with van der Waals surface area (Å²) >= 11 is 0. The highest BCUT2D eigenvalue weighted by Crippen LogP contribution is 2.58. The second-order valence-electron chi connectivity index (χ2n) is 19.5. The van der Waals surface area contributed by atoms with Gasteiger partial charge in [-0.25, -0.2) is 0 Å². The maximum atomic E-state index is 6.33. The van der Waals surface area contributed by atoms with Crippen molar-refractivity contribution in [2.45, 2.75) is 5.41 Å². The van der Waals surface area contributed by atoms with E-state index in [0.29, 0.717) is 0 Å². The van der Waals surface area contributed by atoms with Crippen LogP contribution in [0.25, 0.3) is 88.7 Å². The molecule has 14 rings (SSSR count). The predicted octanol–water partition coefficient (Wildman–Crippen LogP) is 19.8. The summed E-state index contributed by atoms with van der Waals surface area (Å²) in [5.41, 5.74) is 23.9. The van der Waals surface area contributed by atoms with Crippen LogP contribution in [0.5, 0.6) is 0 Å². The largest absolute Gasteiger partial charge is 0.456 e. The van der Waals surface area contributed by atoms with Crippen LogP contribution in [0, 0.1) is 0 Å². The van der Waals surface area contributed by atoms with E-state index in [1.54, 1.807) is 0 Å². The van der Waals surface area contributed by atoms with Crippen molar-refractivity contribution < 1.29 is 4.42 Å². The summed E-state index contributed by atoms with van der Waals surface area (Å²) in [7, 11) is 0. The van der Waals surface area contributed by atoms with Gasteiger partial charge >= 0.3 is 0 Å². The summed E-state index contributed by atoms with van der Waals surface area (Å²) in [4.78, 5) is 2.40. The Balaban J connectivity index is 0.911. The van der Waals surface area contributed by atoms with Gasteiger partial charge in [-0.15, -0.1) is 0 Å². The molecule has 0 atom stereocenters. The van der Waals surface area contributed by atoms with E-state index < -0.39 is 5.41 Å². The number of rotatable bonds is 10. The van der Waals surface area contributed by atoms with Crippen LogP contribution in [0.3, 0.4) is 0 Å². The minimum Gasteiger partial charge on any atom is -0.456 e. The zero-order chi connectivity index (χ0) is 49.7. The Morgan fingerprint density at radius 2 is 0.760 bits per heavy atom. The third-order valence-corrected chi connectivity index (χ3v) is 15.4. The minimum atomic E-state index is -0.492. The van der Waals surface area contributed by atoms with Crippen LogP contribution in [0.2, 0.25) is 0 Å². The molecule has 2 heteroatoms. The molecule has 0 amide bonds. The standard InChI is InChI=1S/C73H49NO/c1-5-20-51(21-6-1)61-47-42-54(49-66(61)52-22-7-2-8-23-52)50-38-43-58(44-39-50)74(59-45-40-53(41-46-59)62-33-19-37-70-72(62)65-31-14-16-36-69(65)75-70)60-29-17-24-55(48-60)63-32-18-35-68-71(63)64-30-13-15-34-67(64)73(68,56-25-9-3-10-26-56)57-27-11-4-12-28-57/h1-49H. The molecular weight excluding hydrogens is 907 g/mol. The number of hydrogen-bond donors (Lipinski definition) is 0. The van der Waals surface area contributed by atoms with Crippen molar-refractivity contribution in [3.63, 3.8) is 0 Å². The van der Waals surface area contributed by atoms with Gasteiger partial charge in [0, 0.05) is 27.8 Å². The van der Waals surface area contributed by atoms with Gasteiger partial charge in [0.1, 0.15) is 11.2 Å². The first kappa shape index (κ1) is 44.0. The van der Waals surface area contributed by atoms with Gasteiger partial charge in [0.2, 0.25) is 0 Å². The van der Waals surface area contributed by atoms with Crippen LogP contribution in [-0.2, 0) is 5.41 Å². The fourth-order valence-corrected chi connectivity index (χ4v) is 12.1.